The summed E-state index contributed by atoms with van der Waals surface area (Å²) in [5, 5.41) is 5.52. The first-order valence-electron chi connectivity index (χ1n) is 8.59. The number of carbonyl (C=O) groups is 2. The molecule has 0 aliphatic heterocycles. The van der Waals surface area contributed by atoms with E-state index in [0.29, 0.717) is 17.8 Å². The van der Waals surface area contributed by atoms with Crippen LogP contribution in [0.15, 0.2) is 77.4 Å². The van der Waals surface area contributed by atoms with Crippen LogP contribution in [0.25, 0.3) is 0 Å². The third-order valence-electron chi connectivity index (χ3n) is 3.99. The van der Waals surface area contributed by atoms with Crippen LogP contribution in [0.2, 0.25) is 0 Å². The highest BCUT2D eigenvalue weighted by molar-refractivity contribution is 7.80. The molecule has 0 spiro atoms. The van der Waals surface area contributed by atoms with Gasteiger partial charge in [0.05, 0.1) is 17.5 Å². The number of furan rings is 1. The molecule has 0 aliphatic rings. The molecule has 0 fully saturated rings. The highest BCUT2D eigenvalue weighted by Gasteiger charge is 2.17. The van der Waals surface area contributed by atoms with E-state index in [1.165, 1.54) is 12.3 Å². The first-order chi connectivity index (χ1) is 13.5. The second-order valence-corrected chi connectivity index (χ2v) is 6.49. The zero-order valence-corrected chi connectivity index (χ0v) is 16.0. The lowest BCUT2D eigenvalue weighted by atomic mass is 10.1. The van der Waals surface area contributed by atoms with Gasteiger partial charge in [0.1, 0.15) is 0 Å². The molecular formula is C21H19N3O3S. The number of rotatable bonds is 5. The van der Waals surface area contributed by atoms with Crippen LogP contribution in [0.1, 0.15) is 26.5 Å². The van der Waals surface area contributed by atoms with Crippen LogP contribution in [0.4, 0.5) is 5.69 Å². The molecule has 1 heterocycles. The Kier molecular flexibility index (Phi) is 6.18. The molecule has 0 radical (unpaired) electrons. The van der Waals surface area contributed by atoms with Crippen LogP contribution < -0.4 is 10.6 Å². The summed E-state index contributed by atoms with van der Waals surface area (Å²) in [4.78, 5) is 26.6. The van der Waals surface area contributed by atoms with Crippen molar-refractivity contribution in [2.75, 3.05) is 12.4 Å². The molecule has 3 aromatic rings. The number of hydrogen-bond acceptors (Lipinski definition) is 4. The van der Waals surface area contributed by atoms with Crippen molar-refractivity contribution in [2.24, 2.45) is 0 Å². The molecule has 0 unspecified atom stereocenters. The summed E-state index contributed by atoms with van der Waals surface area (Å²) >= 11 is 5.19. The molecule has 0 atom stereocenters. The minimum atomic E-state index is -0.465. The Bertz CT molecular complexity index is 972. The van der Waals surface area contributed by atoms with E-state index in [9.17, 15) is 9.59 Å². The minimum Gasteiger partial charge on any atom is -0.459 e. The molecule has 28 heavy (non-hydrogen) atoms. The summed E-state index contributed by atoms with van der Waals surface area (Å²) in [7, 11) is 1.74. The molecule has 2 aromatic carbocycles. The van der Waals surface area contributed by atoms with Crippen molar-refractivity contribution >= 4 is 34.8 Å². The maximum absolute atomic E-state index is 12.9. The van der Waals surface area contributed by atoms with Crippen molar-refractivity contribution in [3.63, 3.8) is 0 Å². The van der Waals surface area contributed by atoms with E-state index in [2.05, 4.69) is 10.6 Å². The van der Waals surface area contributed by atoms with Crippen LogP contribution in [0, 0.1) is 0 Å². The topological polar surface area (TPSA) is 74.6 Å². The Morgan fingerprint density at radius 1 is 1.00 bits per heavy atom. The van der Waals surface area contributed by atoms with Crippen LogP contribution >= 0.6 is 12.2 Å². The number of anilines is 1. The molecule has 1 aromatic heterocycles. The number of nitrogens with one attached hydrogen (secondary N) is 2. The molecule has 2 N–H and O–H groups in total. The molecule has 0 bridgehead atoms. The standard InChI is InChI=1S/C21H19N3O3S/c1-24(14-15-8-3-2-4-9-15)20(26)16-10-5-6-11-17(16)22-21(28)23-19(25)18-12-7-13-27-18/h2-13H,14H2,1H3,(H2,22,23,25,28). The first-order valence-corrected chi connectivity index (χ1v) is 8.99. The van der Waals surface area contributed by atoms with Crippen LogP contribution in [-0.4, -0.2) is 28.9 Å². The van der Waals surface area contributed by atoms with Gasteiger partial charge in [-0.25, -0.2) is 0 Å². The second kappa shape index (κ2) is 8.96. The van der Waals surface area contributed by atoms with Crippen molar-refractivity contribution < 1.29 is 14.0 Å². The second-order valence-electron chi connectivity index (χ2n) is 6.08. The summed E-state index contributed by atoms with van der Waals surface area (Å²) in [6, 6.07) is 19.9. The fraction of sp³-hybridized carbons (Fsp3) is 0.0952. The third-order valence-corrected chi connectivity index (χ3v) is 4.19. The van der Waals surface area contributed by atoms with Crippen LogP contribution in [-0.2, 0) is 6.54 Å². The summed E-state index contributed by atoms with van der Waals surface area (Å²) in [6.45, 7) is 0.480. The van der Waals surface area contributed by atoms with E-state index in [4.69, 9.17) is 16.6 Å². The van der Waals surface area contributed by atoms with E-state index in [-0.39, 0.29) is 16.8 Å². The summed E-state index contributed by atoms with van der Waals surface area (Å²) < 4.78 is 5.04. The molecule has 6 nitrogen and oxygen atoms in total. The molecule has 0 saturated heterocycles. The molecule has 0 saturated carbocycles. The molecule has 142 valence electrons. The zero-order chi connectivity index (χ0) is 19.9. The number of carbonyl (C=O) groups excluding carboxylic acids is 2. The average Bonchev–Trinajstić information content (AvgIpc) is 3.23. The number of hydrogen-bond donors (Lipinski definition) is 2. The van der Waals surface area contributed by atoms with Crippen LogP contribution in [0.5, 0.6) is 0 Å². The van der Waals surface area contributed by atoms with Gasteiger partial charge in [-0.1, -0.05) is 42.5 Å². The average molecular weight is 393 g/mol. The summed E-state index contributed by atoms with van der Waals surface area (Å²) in [6.07, 6.45) is 1.40. The maximum atomic E-state index is 12.9. The quantitative estimate of drug-likeness (QED) is 0.647. The number of para-hydroxylation sites is 1. The Morgan fingerprint density at radius 2 is 1.71 bits per heavy atom. The Hall–Kier alpha value is -3.45. The molecular weight excluding hydrogens is 374 g/mol. The Morgan fingerprint density at radius 3 is 2.43 bits per heavy atom. The lowest BCUT2D eigenvalue weighted by Gasteiger charge is -2.20. The number of benzene rings is 2. The molecule has 3 rings (SSSR count). The zero-order valence-electron chi connectivity index (χ0n) is 15.2. The fourth-order valence-electron chi connectivity index (χ4n) is 2.64. The van der Waals surface area contributed by atoms with Gasteiger partial charge in [0, 0.05) is 13.6 Å². The highest BCUT2D eigenvalue weighted by Crippen LogP contribution is 2.18. The smallest absolute Gasteiger partial charge is 0.293 e. The molecule has 0 aliphatic carbocycles. The Balaban J connectivity index is 1.69. The highest BCUT2D eigenvalue weighted by atomic mass is 32.1. The molecule has 7 heteroatoms. The fourth-order valence-corrected chi connectivity index (χ4v) is 2.84. The number of nitrogens with zero attached hydrogens (tertiary/aromatic N) is 1. The van der Waals surface area contributed by atoms with Gasteiger partial charge < -0.3 is 14.6 Å². The SMILES string of the molecule is CN(Cc1ccccc1)C(=O)c1ccccc1NC(=S)NC(=O)c1ccco1. The monoisotopic (exact) mass is 393 g/mol. The van der Waals surface area contributed by atoms with E-state index < -0.39 is 5.91 Å². The van der Waals surface area contributed by atoms with Gasteiger partial charge in [0.2, 0.25) is 0 Å². The lowest BCUT2D eigenvalue weighted by molar-refractivity contribution is 0.0786. The first kappa shape index (κ1) is 19.3. The minimum absolute atomic E-state index is 0.0763. The Labute approximate surface area is 168 Å². The van der Waals surface area contributed by atoms with E-state index in [1.807, 2.05) is 30.3 Å². The predicted octanol–water partition coefficient (Wildman–Crippen LogP) is 3.68. The third kappa shape index (κ3) is 4.83. The van der Waals surface area contributed by atoms with Crippen molar-refractivity contribution in [1.82, 2.24) is 10.2 Å². The largest absolute Gasteiger partial charge is 0.459 e. The van der Waals surface area contributed by atoms with E-state index in [0.717, 1.165) is 5.56 Å². The van der Waals surface area contributed by atoms with E-state index >= 15 is 0 Å². The number of thiocarbonyl (C=S) groups is 1. The predicted molar refractivity (Wildman–Crippen MR) is 111 cm³/mol. The van der Waals surface area contributed by atoms with Gasteiger partial charge in [-0.15, -0.1) is 0 Å². The van der Waals surface area contributed by atoms with Crippen molar-refractivity contribution in [1.29, 1.82) is 0 Å². The van der Waals surface area contributed by atoms with Crippen molar-refractivity contribution in [3.8, 4) is 0 Å². The van der Waals surface area contributed by atoms with Crippen molar-refractivity contribution in [3.05, 3.63) is 89.9 Å². The maximum Gasteiger partial charge on any atom is 0.293 e. The number of amides is 2. The van der Waals surface area contributed by atoms with Gasteiger partial charge in [-0.05, 0) is 42.0 Å². The van der Waals surface area contributed by atoms with E-state index in [1.54, 1.807) is 42.3 Å². The van der Waals surface area contributed by atoms with Gasteiger partial charge in [0.15, 0.2) is 10.9 Å². The normalized spacial score (nSPS) is 10.2. The van der Waals surface area contributed by atoms with Gasteiger partial charge >= 0.3 is 0 Å². The van der Waals surface area contributed by atoms with Gasteiger partial charge in [-0.2, -0.15) is 0 Å². The van der Waals surface area contributed by atoms with Crippen molar-refractivity contribution in [2.45, 2.75) is 6.54 Å². The molecule has 2 amide bonds. The summed E-state index contributed by atoms with van der Waals surface area (Å²) in [5.41, 5.74) is 2.00. The van der Waals surface area contributed by atoms with Gasteiger partial charge in [-0.3, -0.25) is 14.9 Å². The van der Waals surface area contributed by atoms with Crippen LogP contribution in [0.3, 0.4) is 0 Å². The lowest BCUT2D eigenvalue weighted by Crippen LogP contribution is -2.35. The summed E-state index contributed by atoms with van der Waals surface area (Å²) in [5.74, 6) is -0.476. The van der Waals surface area contributed by atoms with Gasteiger partial charge in [0.25, 0.3) is 11.8 Å².